The Morgan fingerprint density at radius 2 is 1.92 bits per heavy atom. The molecular weight excluding hydrogens is 445 g/mol. The molecule has 0 aromatic rings. The van der Waals surface area contributed by atoms with Gasteiger partial charge in [-0.25, -0.2) is 4.79 Å². The van der Waals surface area contributed by atoms with Crippen LogP contribution < -0.4 is 10.6 Å². The summed E-state index contributed by atoms with van der Waals surface area (Å²) < 4.78 is 5.08. The molecule has 26 heavy (non-hydrogen) atoms. The van der Waals surface area contributed by atoms with Gasteiger partial charge in [0.2, 0.25) is 0 Å². The second kappa shape index (κ2) is 12.6. The first-order chi connectivity index (χ1) is 12.1. The standard InChI is InChI=1S/C18H35N5O2.HI/c1-4-19-17(20-13-15-7-6-10-22(3)14-15)21-16-8-11-23(12-9-16)18(24)25-5-2;/h15-16H,4-14H2,1-3H3,(H2,19,20,21);1H. The zero-order valence-electron chi connectivity index (χ0n) is 16.5. The second-order valence-electron chi connectivity index (χ2n) is 7.09. The van der Waals surface area contributed by atoms with Crippen LogP contribution in [0.15, 0.2) is 4.99 Å². The summed E-state index contributed by atoms with van der Waals surface area (Å²) >= 11 is 0. The highest BCUT2D eigenvalue weighted by Crippen LogP contribution is 2.15. The molecule has 2 fully saturated rings. The molecule has 152 valence electrons. The first kappa shape index (κ1) is 23.3. The molecule has 0 aliphatic carbocycles. The second-order valence-corrected chi connectivity index (χ2v) is 7.09. The molecule has 0 saturated carbocycles. The number of guanidine groups is 1. The van der Waals surface area contributed by atoms with E-state index in [1.807, 2.05) is 6.92 Å². The van der Waals surface area contributed by atoms with Gasteiger partial charge in [0.05, 0.1) is 6.61 Å². The van der Waals surface area contributed by atoms with Gasteiger partial charge in [-0.1, -0.05) is 0 Å². The molecule has 2 aliphatic rings. The lowest BCUT2D eigenvalue weighted by atomic mass is 9.99. The van der Waals surface area contributed by atoms with E-state index in [2.05, 4.69) is 29.5 Å². The number of halogens is 1. The topological polar surface area (TPSA) is 69.2 Å². The highest BCUT2D eigenvalue weighted by atomic mass is 127. The largest absolute Gasteiger partial charge is 0.450 e. The zero-order valence-corrected chi connectivity index (χ0v) is 18.8. The van der Waals surface area contributed by atoms with Crippen molar-refractivity contribution in [2.75, 3.05) is 52.9 Å². The van der Waals surface area contributed by atoms with Crippen LogP contribution in [-0.2, 0) is 4.74 Å². The Kier molecular flexibility index (Phi) is 11.3. The van der Waals surface area contributed by atoms with Crippen LogP contribution in [0.2, 0.25) is 0 Å². The maximum atomic E-state index is 11.8. The molecule has 0 aromatic carbocycles. The van der Waals surface area contributed by atoms with Gasteiger partial charge < -0.3 is 25.2 Å². The van der Waals surface area contributed by atoms with Crippen molar-refractivity contribution in [1.82, 2.24) is 20.4 Å². The lowest BCUT2D eigenvalue weighted by molar-refractivity contribution is 0.0963. The van der Waals surface area contributed by atoms with Gasteiger partial charge in [-0.05, 0) is 59.0 Å². The molecular formula is C18H36IN5O2. The summed E-state index contributed by atoms with van der Waals surface area (Å²) in [7, 11) is 2.19. The first-order valence-electron chi connectivity index (χ1n) is 9.77. The van der Waals surface area contributed by atoms with Gasteiger partial charge in [0.25, 0.3) is 0 Å². The van der Waals surface area contributed by atoms with Crippen molar-refractivity contribution in [3.63, 3.8) is 0 Å². The molecule has 1 amide bonds. The quantitative estimate of drug-likeness (QED) is 0.358. The third kappa shape index (κ3) is 7.85. The van der Waals surface area contributed by atoms with Gasteiger partial charge in [0, 0.05) is 38.8 Å². The van der Waals surface area contributed by atoms with Crippen molar-refractivity contribution < 1.29 is 9.53 Å². The summed E-state index contributed by atoms with van der Waals surface area (Å²) in [5, 5.41) is 6.90. The molecule has 1 atom stereocenters. The number of piperidine rings is 2. The molecule has 0 radical (unpaired) electrons. The summed E-state index contributed by atoms with van der Waals surface area (Å²) in [5.74, 6) is 1.56. The summed E-state index contributed by atoms with van der Waals surface area (Å²) in [6.45, 7) is 9.93. The molecule has 0 bridgehead atoms. The first-order valence-corrected chi connectivity index (χ1v) is 9.77. The van der Waals surface area contributed by atoms with Gasteiger partial charge in [0.1, 0.15) is 0 Å². The molecule has 0 spiro atoms. The van der Waals surface area contributed by atoms with Crippen LogP contribution in [0.3, 0.4) is 0 Å². The van der Waals surface area contributed by atoms with E-state index in [4.69, 9.17) is 9.73 Å². The molecule has 8 heteroatoms. The molecule has 7 nitrogen and oxygen atoms in total. The van der Waals surface area contributed by atoms with Gasteiger partial charge in [-0.2, -0.15) is 0 Å². The van der Waals surface area contributed by atoms with Crippen LogP contribution in [0.5, 0.6) is 0 Å². The third-order valence-corrected chi connectivity index (χ3v) is 4.94. The minimum absolute atomic E-state index is 0. The molecule has 2 saturated heterocycles. The van der Waals surface area contributed by atoms with Crippen LogP contribution in [0.1, 0.15) is 39.5 Å². The molecule has 0 aromatic heterocycles. The van der Waals surface area contributed by atoms with Crippen molar-refractivity contribution in [1.29, 1.82) is 0 Å². The van der Waals surface area contributed by atoms with Gasteiger partial charge in [-0.15, -0.1) is 24.0 Å². The summed E-state index contributed by atoms with van der Waals surface area (Å²) in [6, 6.07) is 0.359. The van der Waals surface area contributed by atoms with E-state index in [-0.39, 0.29) is 30.1 Å². The van der Waals surface area contributed by atoms with Crippen LogP contribution in [0.4, 0.5) is 4.79 Å². The summed E-state index contributed by atoms with van der Waals surface area (Å²) in [4.78, 5) is 20.8. The SMILES string of the molecule is CCNC(=NCC1CCCN(C)C1)NC1CCN(C(=O)OCC)CC1.I. The monoisotopic (exact) mass is 481 g/mol. The zero-order chi connectivity index (χ0) is 18.1. The highest BCUT2D eigenvalue weighted by Gasteiger charge is 2.24. The fraction of sp³-hybridized carbons (Fsp3) is 0.889. The van der Waals surface area contributed by atoms with Gasteiger partial charge >= 0.3 is 6.09 Å². The Morgan fingerprint density at radius 1 is 1.19 bits per heavy atom. The number of hydrogen-bond acceptors (Lipinski definition) is 4. The predicted molar refractivity (Wildman–Crippen MR) is 116 cm³/mol. The Balaban J connectivity index is 0.00000338. The lowest BCUT2D eigenvalue weighted by Gasteiger charge is -2.32. The van der Waals surface area contributed by atoms with Crippen LogP contribution >= 0.6 is 24.0 Å². The van der Waals surface area contributed by atoms with E-state index in [1.54, 1.807) is 4.90 Å². The van der Waals surface area contributed by atoms with E-state index in [0.717, 1.165) is 51.5 Å². The highest BCUT2D eigenvalue weighted by molar-refractivity contribution is 14.0. The predicted octanol–water partition coefficient (Wildman–Crippen LogP) is 2.12. The van der Waals surface area contributed by atoms with Crippen LogP contribution in [-0.4, -0.2) is 80.8 Å². The summed E-state index contributed by atoms with van der Waals surface area (Å²) in [5.41, 5.74) is 0. The fourth-order valence-corrected chi connectivity index (χ4v) is 3.58. The van der Waals surface area contributed by atoms with Crippen molar-refractivity contribution in [2.45, 2.75) is 45.6 Å². The van der Waals surface area contributed by atoms with E-state index < -0.39 is 0 Å². The molecule has 2 heterocycles. The number of aliphatic imine (C=N–C) groups is 1. The minimum atomic E-state index is -0.192. The van der Waals surface area contributed by atoms with Gasteiger partial charge in [0.15, 0.2) is 5.96 Å². The van der Waals surface area contributed by atoms with E-state index in [1.165, 1.54) is 19.4 Å². The van der Waals surface area contributed by atoms with Crippen molar-refractivity contribution in [2.24, 2.45) is 10.9 Å². The Labute approximate surface area is 175 Å². The molecule has 2 rings (SSSR count). The lowest BCUT2D eigenvalue weighted by Crippen LogP contribution is -2.50. The maximum Gasteiger partial charge on any atom is 0.409 e. The number of carbonyl (C=O) groups excluding carboxylic acids is 1. The molecule has 1 unspecified atom stereocenters. The van der Waals surface area contributed by atoms with E-state index in [9.17, 15) is 4.79 Å². The number of amides is 1. The number of nitrogens with zero attached hydrogens (tertiary/aromatic N) is 3. The van der Waals surface area contributed by atoms with Crippen molar-refractivity contribution >= 4 is 36.0 Å². The molecule has 2 aliphatic heterocycles. The summed E-state index contributed by atoms with van der Waals surface area (Å²) in [6.07, 6.45) is 4.20. The molecule has 2 N–H and O–H groups in total. The Morgan fingerprint density at radius 3 is 2.54 bits per heavy atom. The van der Waals surface area contributed by atoms with Crippen LogP contribution in [0, 0.1) is 5.92 Å². The third-order valence-electron chi connectivity index (χ3n) is 4.94. The number of hydrogen-bond donors (Lipinski definition) is 2. The number of ether oxygens (including phenoxy) is 1. The van der Waals surface area contributed by atoms with E-state index in [0.29, 0.717) is 18.6 Å². The minimum Gasteiger partial charge on any atom is -0.450 e. The van der Waals surface area contributed by atoms with Crippen molar-refractivity contribution in [3.8, 4) is 0 Å². The maximum absolute atomic E-state index is 11.8. The normalized spacial score (nSPS) is 22.5. The average Bonchev–Trinajstić information content (AvgIpc) is 2.61. The van der Waals surface area contributed by atoms with Crippen LogP contribution in [0.25, 0.3) is 0 Å². The average molecular weight is 481 g/mol. The fourth-order valence-electron chi connectivity index (χ4n) is 3.58. The number of likely N-dealkylation sites (tertiary alicyclic amines) is 2. The number of carbonyl (C=O) groups is 1. The van der Waals surface area contributed by atoms with E-state index >= 15 is 0 Å². The Bertz CT molecular complexity index is 441. The number of rotatable bonds is 5. The number of nitrogens with one attached hydrogen (secondary N) is 2. The van der Waals surface area contributed by atoms with Gasteiger partial charge in [-0.3, -0.25) is 4.99 Å². The Hall–Kier alpha value is -0.770. The smallest absolute Gasteiger partial charge is 0.409 e. The van der Waals surface area contributed by atoms with Crippen molar-refractivity contribution in [3.05, 3.63) is 0 Å².